The van der Waals surface area contributed by atoms with Gasteiger partial charge in [0.1, 0.15) is 0 Å². The van der Waals surface area contributed by atoms with Crippen LogP contribution in [-0.2, 0) is 6.42 Å². The van der Waals surface area contributed by atoms with Crippen molar-refractivity contribution < 1.29 is 5.11 Å². The fourth-order valence-corrected chi connectivity index (χ4v) is 2.21. The van der Waals surface area contributed by atoms with E-state index >= 15 is 0 Å². The van der Waals surface area contributed by atoms with Crippen LogP contribution in [0.3, 0.4) is 0 Å². The van der Waals surface area contributed by atoms with Crippen LogP contribution in [0.2, 0.25) is 0 Å². The molecule has 0 spiro atoms. The number of aryl methyl sites for hydroxylation is 1. The lowest BCUT2D eigenvalue weighted by molar-refractivity contribution is 0.288. The van der Waals surface area contributed by atoms with E-state index in [4.69, 9.17) is 5.11 Å². The molecule has 0 atom stereocenters. The summed E-state index contributed by atoms with van der Waals surface area (Å²) in [6.45, 7) is 4.69. The highest BCUT2D eigenvalue weighted by Crippen LogP contribution is 2.23. The number of hydrogen-bond acceptors (Lipinski definition) is 1. The molecule has 0 aromatic heterocycles. The van der Waals surface area contributed by atoms with Crippen LogP contribution in [0.1, 0.15) is 37.3 Å². The smallest absolute Gasteiger partial charge is 0.0434 e. The number of benzene rings is 2. The zero-order valence-electron chi connectivity index (χ0n) is 11.8. The van der Waals surface area contributed by atoms with Gasteiger partial charge in [-0.1, -0.05) is 62.4 Å². The molecule has 0 heterocycles. The van der Waals surface area contributed by atoms with Gasteiger partial charge in [-0.2, -0.15) is 0 Å². The molecule has 0 unspecified atom stereocenters. The minimum Gasteiger partial charge on any atom is -0.396 e. The summed E-state index contributed by atoms with van der Waals surface area (Å²) in [6.07, 6.45) is 1.78. The van der Waals surface area contributed by atoms with Gasteiger partial charge in [0.2, 0.25) is 0 Å². The maximum absolute atomic E-state index is 8.83. The van der Waals surface area contributed by atoms with Crippen LogP contribution in [0.25, 0.3) is 11.1 Å². The summed E-state index contributed by atoms with van der Waals surface area (Å²) >= 11 is 0. The van der Waals surface area contributed by atoms with Crippen molar-refractivity contribution in [2.75, 3.05) is 6.61 Å². The number of hydrogen-bond donors (Lipinski definition) is 1. The first-order chi connectivity index (χ1) is 9.20. The maximum atomic E-state index is 8.83. The van der Waals surface area contributed by atoms with Gasteiger partial charge in [-0.05, 0) is 41.0 Å². The third-order valence-electron chi connectivity index (χ3n) is 3.49. The lowest BCUT2D eigenvalue weighted by Crippen LogP contribution is -1.90. The Balaban J connectivity index is 2.13. The topological polar surface area (TPSA) is 20.2 Å². The second-order valence-corrected chi connectivity index (χ2v) is 5.30. The molecule has 2 aromatic rings. The van der Waals surface area contributed by atoms with E-state index in [1.807, 2.05) is 0 Å². The zero-order valence-corrected chi connectivity index (χ0v) is 11.8. The molecule has 2 rings (SSSR count). The lowest BCUT2D eigenvalue weighted by Gasteiger charge is -2.08. The molecule has 0 saturated heterocycles. The van der Waals surface area contributed by atoms with Crippen LogP contribution >= 0.6 is 0 Å². The SMILES string of the molecule is CC(C)c1ccc(-c2ccc(CCCO)cc2)cc1. The molecule has 0 bridgehead atoms. The Hall–Kier alpha value is -1.60. The molecular formula is C18H22O. The van der Waals surface area contributed by atoms with Gasteiger partial charge in [0.15, 0.2) is 0 Å². The summed E-state index contributed by atoms with van der Waals surface area (Å²) < 4.78 is 0. The van der Waals surface area contributed by atoms with Crippen molar-refractivity contribution in [3.63, 3.8) is 0 Å². The molecule has 0 aliphatic rings. The Morgan fingerprint density at radius 3 is 1.84 bits per heavy atom. The maximum Gasteiger partial charge on any atom is 0.0434 e. The molecule has 2 aromatic carbocycles. The fourth-order valence-electron chi connectivity index (χ4n) is 2.21. The van der Waals surface area contributed by atoms with Crippen LogP contribution in [0.4, 0.5) is 0 Å². The summed E-state index contributed by atoms with van der Waals surface area (Å²) in [5.74, 6) is 0.579. The second-order valence-electron chi connectivity index (χ2n) is 5.30. The quantitative estimate of drug-likeness (QED) is 0.838. The van der Waals surface area contributed by atoms with Crippen LogP contribution in [0.5, 0.6) is 0 Å². The molecule has 1 N–H and O–H groups in total. The first-order valence-electron chi connectivity index (χ1n) is 7.01. The Morgan fingerprint density at radius 1 is 0.842 bits per heavy atom. The molecule has 0 fully saturated rings. The number of aliphatic hydroxyl groups is 1. The predicted molar refractivity (Wildman–Crippen MR) is 81.4 cm³/mol. The van der Waals surface area contributed by atoms with Crippen molar-refractivity contribution in [3.8, 4) is 11.1 Å². The summed E-state index contributed by atoms with van der Waals surface area (Å²) in [6, 6.07) is 17.4. The standard InChI is InChI=1S/C18H22O/c1-14(2)16-9-11-18(12-10-16)17-7-5-15(6-8-17)4-3-13-19/h5-12,14,19H,3-4,13H2,1-2H3. The van der Waals surface area contributed by atoms with Gasteiger partial charge >= 0.3 is 0 Å². The minimum atomic E-state index is 0.262. The highest BCUT2D eigenvalue weighted by molar-refractivity contribution is 5.64. The Morgan fingerprint density at radius 2 is 1.37 bits per heavy atom. The van der Waals surface area contributed by atoms with E-state index in [2.05, 4.69) is 62.4 Å². The van der Waals surface area contributed by atoms with Crippen LogP contribution < -0.4 is 0 Å². The lowest BCUT2D eigenvalue weighted by atomic mass is 9.98. The van der Waals surface area contributed by atoms with E-state index in [0.717, 1.165) is 12.8 Å². The molecule has 0 saturated carbocycles. The van der Waals surface area contributed by atoms with E-state index in [0.29, 0.717) is 5.92 Å². The average Bonchev–Trinajstić information content (AvgIpc) is 2.46. The third kappa shape index (κ3) is 3.68. The summed E-state index contributed by atoms with van der Waals surface area (Å²) in [5.41, 5.74) is 5.18. The first-order valence-corrected chi connectivity index (χ1v) is 7.01. The number of aliphatic hydroxyl groups excluding tert-OH is 1. The molecule has 0 radical (unpaired) electrons. The highest BCUT2D eigenvalue weighted by atomic mass is 16.2. The van der Waals surface area contributed by atoms with Gasteiger partial charge in [-0.25, -0.2) is 0 Å². The molecule has 100 valence electrons. The van der Waals surface area contributed by atoms with Crippen LogP contribution in [-0.4, -0.2) is 11.7 Å². The largest absolute Gasteiger partial charge is 0.396 e. The zero-order chi connectivity index (χ0) is 13.7. The second kappa shape index (κ2) is 6.53. The van der Waals surface area contributed by atoms with Crippen molar-refractivity contribution in [1.29, 1.82) is 0 Å². The Labute approximate surface area is 115 Å². The highest BCUT2D eigenvalue weighted by Gasteiger charge is 2.01. The van der Waals surface area contributed by atoms with Crippen molar-refractivity contribution in [1.82, 2.24) is 0 Å². The molecular weight excluding hydrogens is 232 g/mol. The van der Waals surface area contributed by atoms with E-state index < -0.39 is 0 Å². The van der Waals surface area contributed by atoms with Gasteiger partial charge in [0, 0.05) is 6.61 Å². The van der Waals surface area contributed by atoms with Crippen molar-refractivity contribution in [2.24, 2.45) is 0 Å². The summed E-state index contributed by atoms with van der Waals surface area (Å²) in [7, 11) is 0. The molecule has 1 heteroatoms. The van der Waals surface area contributed by atoms with E-state index in [-0.39, 0.29) is 6.61 Å². The summed E-state index contributed by atoms with van der Waals surface area (Å²) in [5, 5.41) is 8.83. The van der Waals surface area contributed by atoms with E-state index in [9.17, 15) is 0 Å². The van der Waals surface area contributed by atoms with Gasteiger partial charge in [0.25, 0.3) is 0 Å². The molecule has 1 nitrogen and oxygen atoms in total. The van der Waals surface area contributed by atoms with Crippen molar-refractivity contribution in [2.45, 2.75) is 32.6 Å². The van der Waals surface area contributed by atoms with Crippen LogP contribution in [0, 0.1) is 0 Å². The first kappa shape index (κ1) is 13.8. The van der Waals surface area contributed by atoms with Gasteiger partial charge in [0.05, 0.1) is 0 Å². The predicted octanol–water partition coefficient (Wildman–Crippen LogP) is 4.40. The van der Waals surface area contributed by atoms with E-state index in [1.165, 1.54) is 22.3 Å². The van der Waals surface area contributed by atoms with Gasteiger partial charge in [-0.15, -0.1) is 0 Å². The normalized spacial score (nSPS) is 10.9. The van der Waals surface area contributed by atoms with Crippen molar-refractivity contribution in [3.05, 3.63) is 59.7 Å². The summed E-state index contributed by atoms with van der Waals surface area (Å²) in [4.78, 5) is 0. The van der Waals surface area contributed by atoms with Gasteiger partial charge < -0.3 is 5.11 Å². The van der Waals surface area contributed by atoms with E-state index in [1.54, 1.807) is 0 Å². The van der Waals surface area contributed by atoms with Gasteiger partial charge in [-0.3, -0.25) is 0 Å². The molecule has 0 aliphatic heterocycles. The van der Waals surface area contributed by atoms with Crippen molar-refractivity contribution >= 4 is 0 Å². The monoisotopic (exact) mass is 254 g/mol. The average molecular weight is 254 g/mol. The Kier molecular flexibility index (Phi) is 4.75. The Bertz CT molecular complexity index is 494. The minimum absolute atomic E-state index is 0.262. The number of rotatable bonds is 5. The van der Waals surface area contributed by atoms with Crippen LogP contribution in [0.15, 0.2) is 48.5 Å². The molecule has 0 aliphatic carbocycles. The fraction of sp³-hybridized carbons (Fsp3) is 0.333. The molecule has 19 heavy (non-hydrogen) atoms. The third-order valence-corrected chi connectivity index (χ3v) is 3.49. The molecule has 0 amide bonds.